The van der Waals surface area contributed by atoms with Gasteiger partial charge in [-0.05, 0) is 33.2 Å². The van der Waals surface area contributed by atoms with E-state index in [1.807, 2.05) is 13.8 Å². The second-order valence-electron chi connectivity index (χ2n) is 4.29. The summed E-state index contributed by atoms with van der Waals surface area (Å²) in [5, 5.41) is 5.87. The van der Waals surface area contributed by atoms with Crippen molar-refractivity contribution in [3.8, 4) is 0 Å². The largest absolute Gasteiger partial charge is 0.346 e. The summed E-state index contributed by atoms with van der Waals surface area (Å²) in [5.41, 5.74) is 0. The molecule has 1 unspecified atom stereocenters. The molecule has 1 rings (SSSR count). The van der Waals surface area contributed by atoms with Crippen molar-refractivity contribution in [2.24, 2.45) is 0 Å². The van der Waals surface area contributed by atoms with Crippen molar-refractivity contribution in [1.29, 1.82) is 0 Å². The Hall–Kier alpha value is -1.10. The van der Waals surface area contributed by atoms with Gasteiger partial charge in [0.2, 0.25) is 11.8 Å². The van der Waals surface area contributed by atoms with E-state index in [4.69, 9.17) is 0 Å². The van der Waals surface area contributed by atoms with Crippen LogP contribution in [0.3, 0.4) is 0 Å². The number of piperidine rings is 1. The fraction of sp³-hybridized carbons (Fsp3) is 0.833. The number of likely N-dealkylation sites (N-methyl/N-ethyl adjacent to an activating group) is 1. The predicted molar refractivity (Wildman–Crippen MR) is 66.6 cm³/mol. The molecule has 0 aromatic rings. The third-order valence-electron chi connectivity index (χ3n) is 3.16. The summed E-state index contributed by atoms with van der Waals surface area (Å²) >= 11 is 0. The third kappa shape index (κ3) is 4.34. The molecule has 0 aliphatic carbocycles. The summed E-state index contributed by atoms with van der Waals surface area (Å²) in [4.78, 5) is 25.2. The van der Waals surface area contributed by atoms with Gasteiger partial charge >= 0.3 is 0 Å². The zero-order valence-corrected chi connectivity index (χ0v) is 10.8. The first-order valence-corrected chi connectivity index (χ1v) is 6.47. The van der Waals surface area contributed by atoms with Crippen molar-refractivity contribution in [3.63, 3.8) is 0 Å². The van der Waals surface area contributed by atoms with Crippen LogP contribution in [0.1, 0.15) is 33.1 Å². The van der Waals surface area contributed by atoms with E-state index in [1.54, 1.807) is 4.90 Å². The highest BCUT2D eigenvalue weighted by molar-refractivity contribution is 5.87. The molecule has 0 spiro atoms. The van der Waals surface area contributed by atoms with Gasteiger partial charge in [-0.15, -0.1) is 0 Å². The van der Waals surface area contributed by atoms with E-state index in [0.717, 1.165) is 25.8 Å². The Morgan fingerprint density at radius 2 is 2.00 bits per heavy atom. The van der Waals surface area contributed by atoms with E-state index >= 15 is 0 Å². The maximum atomic E-state index is 11.8. The first-order chi connectivity index (χ1) is 8.19. The summed E-state index contributed by atoms with van der Waals surface area (Å²) in [7, 11) is 0. The highest BCUT2D eigenvalue weighted by atomic mass is 16.2. The molecule has 5 nitrogen and oxygen atoms in total. The van der Waals surface area contributed by atoms with Crippen molar-refractivity contribution in [2.75, 3.05) is 26.2 Å². The van der Waals surface area contributed by atoms with E-state index in [2.05, 4.69) is 10.6 Å². The second kappa shape index (κ2) is 7.27. The van der Waals surface area contributed by atoms with Crippen LogP contribution in [0.15, 0.2) is 0 Å². The highest BCUT2D eigenvalue weighted by Crippen LogP contribution is 2.06. The van der Waals surface area contributed by atoms with E-state index in [0.29, 0.717) is 13.1 Å². The molecule has 2 amide bonds. The smallest absolute Gasteiger partial charge is 0.241 e. The van der Waals surface area contributed by atoms with Crippen LogP contribution in [0.25, 0.3) is 0 Å². The Kier molecular flexibility index (Phi) is 5.97. The van der Waals surface area contributed by atoms with Crippen LogP contribution in [0.2, 0.25) is 0 Å². The molecule has 98 valence electrons. The maximum Gasteiger partial charge on any atom is 0.241 e. The molecule has 1 saturated heterocycles. The van der Waals surface area contributed by atoms with Gasteiger partial charge in [-0.2, -0.15) is 0 Å². The molecular formula is C12H23N3O2. The van der Waals surface area contributed by atoms with Gasteiger partial charge < -0.3 is 15.5 Å². The molecule has 2 N–H and O–H groups in total. The lowest BCUT2D eigenvalue weighted by Gasteiger charge is -2.23. The summed E-state index contributed by atoms with van der Waals surface area (Å²) in [6.45, 7) is 6.25. The van der Waals surface area contributed by atoms with Crippen LogP contribution >= 0.6 is 0 Å². The Bertz CT molecular complexity index is 258. The van der Waals surface area contributed by atoms with E-state index in [-0.39, 0.29) is 24.4 Å². The normalized spacial score (nSPS) is 19.8. The lowest BCUT2D eigenvalue weighted by Crippen LogP contribution is -2.49. The van der Waals surface area contributed by atoms with Gasteiger partial charge in [-0.1, -0.05) is 6.42 Å². The van der Waals surface area contributed by atoms with Crippen LogP contribution in [-0.2, 0) is 9.59 Å². The number of nitrogens with zero attached hydrogens (tertiary/aromatic N) is 1. The lowest BCUT2D eigenvalue weighted by atomic mass is 10.0. The van der Waals surface area contributed by atoms with Crippen LogP contribution in [-0.4, -0.2) is 48.9 Å². The van der Waals surface area contributed by atoms with Gasteiger partial charge in [0.25, 0.3) is 0 Å². The Balaban J connectivity index is 2.29. The first kappa shape index (κ1) is 14.0. The lowest BCUT2D eigenvalue weighted by molar-refractivity contribution is -0.133. The molecule has 1 heterocycles. The monoisotopic (exact) mass is 241 g/mol. The van der Waals surface area contributed by atoms with E-state index in [9.17, 15) is 9.59 Å². The van der Waals surface area contributed by atoms with Crippen LogP contribution in [0.4, 0.5) is 0 Å². The number of hydrogen-bond acceptors (Lipinski definition) is 3. The molecule has 0 aromatic heterocycles. The highest BCUT2D eigenvalue weighted by Gasteiger charge is 2.21. The van der Waals surface area contributed by atoms with E-state index < -0.39 is 0 Å². The Morgan fingerprint density at radius 3 is 2.53 bits per heavy atom. The molecule has 17 heavy (non-hydrogen) atoms. The molecule has 1 aliphatic heterocycles. The van der Waals surface area contributed by atoms with Gasteiger partial charge in [0.1, 0.15) is 0 Å². The maximum absolute atomic E-state index is 11.8. The molecule has 5 heteroatoms. The SMILES string of the molecule is CCN(CC)C(=O)CNC(=O)C1CCCCN1. The molecule has 0 saturated carbocycles. The Labute approximate surface area is 103 Å². The second-order valence-corrected chi connectivity index (χ2v) is 4.29. The van der Waals surface area contributed by atoms with Gasteiger partial charge in [0.15, 0.2) is 0 Å². The van der Waals surface area contributed by atoms with Crippen LogP contribution in [0, 0.1) is 0 Å². The standard InChI is InChI=1S/C12H23N3O2/c1-3-15(4-2)11(16)9-14-12(17)10-7-5-6-8-13-10/h10,13H,3-9H2,1-2H3,(H,14,17). The Morgan fingerprint density at radius 1 is 1.29 bits per heavy atom. The number of hydrogen-bond donors (Lipinski definition) is 2. The van der Waals surface area contributed by atoms with Gasteiger partial charge in [-0.25, -0.2) is 0 Å². The summed E-state index contributed by atoms with van der Waals surface area (Å²) in [6.07, 6.45) is 3.07. The minimum atomic E-state index is -0.117. The molecule has 0 aromatic carbocycles. The minimum Gasteiger partial charge on any atom is -0.346 e. The number of rotatable bonds is 5. The van der Waals surface area contributed by atoms with Crippen LogP contribution < -0.4 is 10.6 Å². The van der Waals surface area contributed by atoms with Gasteiger partial charge in [0.05, 0.1) is 12.6 Å². The third-order valence-corrected chi connectivity index (χ3v) is 3.16. The predicted octanol–water partition coefficient (Wildman–Crippen LogP) is 0.113. The zero-order chi connectivity index (χ0) is 12.7. The molecule has 0 bridgehead atoms. The van der Waals surface area contributed by atoms with Crippen molar-refractivity contribution < 1.29 is 9.59 Å². The number of carbonyl (C=O) groups is 2. The average Bonchev–Trinajstić information content (AvgIpc) is 2.38. The molecular weight excluding hydrogens is 218 g/mol. The van der Waals surface area contributed by atoms with Gasteiger partial charge in [-0.3, -0.25) is 9.59 Å². The van der Waals surface area contributed by atoms with Crippen molar-refractivity contribution >= 4 is 11.8 Å². The number of nitrogens with one attached hydrogen (secondary N) is 2. The molecule has 1 aliphatic rings. The molecule has 1 fully saturated rings. The fourth-order valence-electron chi connectivity index (χ4n) is 2.05. The summed E-state index contributed by atoms with van der Waals surface area (Å²) < 4.78 is 0. The summed E-state index contributed by atoms with van der Waals surface area (Å²) in [6, 6.07) is -0.117. The molecule has 1 atom stereocenters. The van der Waals surface area contributed by atoms with E-state index in [1.165, 1.54) is 0 Å². The minimum absolute atomic E-state index is 0.0147. The zero-order valence-electron chi connectivity index (χ0n) is 10.8. The summed E-state index contributed by atoms with van der Waals surface area (Å²) in [5.74, 6) is -0.0654. The number of carbonyl (C=O) groups excluding carboxylic acids is 2. The van der Waals surface area contributed by atoms with Crippen molar-refractivity contribution in [1.82, 2.24) is 15.5 Å². The van der Waals surface area contributed by atoms with Crippen LogP contribution in [0.5, 0.6) is 0 Å². The topological polar surface area (TPSA) is 61.4 Å². The first-order valence-electron chi connectivity index (χ1n) is 6.47. The quantitative estimate of drug-likeness (QED) is 0.718. The fourth-order valence-corrected chi connectivity index (χ4v) is 2.05. The average molecular weight is 241 g/mol. The number of amides is 2. The molecule has 0 radical (unpaired) electrons. The van der Waals surface area contributed by atoms with Crippen molar-refractivity contribution in [3.05, 3.63) is 0 Å². The van der Waals surface area contributed by atoms with Gasteiger partial charge in [0, 0.05) is 13.1 Å². The van der Waals surface area contributed by atoms with Crippen molar-refractivity contribution in [2.45, 2.75) is 39.2 Å².